The van der Waals surface area contributed by atoms with Gasteiger partial charge in [-0.25, -0.2) is 0 Å². The standard InChI is InChI=1S/C21H29NO3/c1-4-15-5-7-16(8-6-15)12-21(2,3)22-13-20(25)17-9-10-19(24)18(11-17)14-23/h5-11,20,22-25H,4,12-14H2,1-3H3. The van der Waals surface area contributed by atoms with Crippen molar-refractivity contribution in [3.8, 4) is 5.75 Å². The van der Waals surface area contributed by atoms with Crippen molar-refractivity contribution in [2.24, 2.45) is 0 Å². The minimum absolute atomic E-state index is 0.0438. The van der Waals surface area contributed by atoms with Gasteiger partial charge in [0, 0.05) is 17.6 Å². The first-order chi connectivity index (χ1) is 11.8. The maximum absolute atomic E-state index is 10.4. The zero-order chi connectivity index (χ0) is 18.4. The Balaban J connectivity index is 1.95. The van der Waals surface area contributed by atoms with Gasteiger partial charge in [-0.15, -0.1) is 0 Å². The molecule has 1 atom stereocenters. The van der Waals surface area contributed by atoms with Gasteiger partial charge in [0.2, 0.25) is 0 Å². The van der Waals surface area contributed by atoms with Crippen molar-refractivity contribution in [3.63, 3.8) is 0 Å². The molecule has 0 bridgehead atoms. The Morgan fingerprint density at radius 2 is 1.68 bits per heavy atom. The summed E-state index contributed by atoms with van der Waals surface area (Å²) in [6.07, 6.45) is 1.20. The van der Waals surface area contributed by atoms with E-state index in [4.69, 9.17) is 0 Å². The SMILES string of the molecule is CCc1ccc(CC(C)(C)NCC(O)c2ccc(O)c(CO)c2)cc1. The molecule has 0 spiro atoms. The normalized spacial score (nSPS) is 13.0. The fourth-order valence-electron chi connectivity index (χ4n) is 2.90. The van der Waals surface area contributed by atoms with Crippen LogP contribution in [0.25, 0.3) is 0 Å². The van der Waals surface area contributed by atoms with Crippen LogP contribution in [0.5, 0.6) is 5.75 Å². The highest BCUT2D eigenvalue weighted by molar-refractivity contribution is 5.36. The predicted molar refractivity (Wildman–Crippen MR) is 101 cm³/mol. The van der Waals surface area contributed by atoms with Gasteiger partial charge < -0.3 is 20.6 Å². The van der Waals surface area contributed by atoms with E-state index in [1.54, 1.807) is 12.1 Å². The zero-order valence-electron chi connectivity index (χ0n) is 15.3. The summed E-state index contributed by atoms with van der Waals surface area (Å²) in [5.41, 5.74) is 3.53. The summed E-state index contributed by atoms with van der Waals surface area (Å²) in [5.74, 6) is 0.0438. The lowest BCUT2D eigenvalue weighted by atomic mass is 9.93. The molecule has 0 aliphatic carbocycles. The minimum atomic E-state index is -0.701. The summed E-state index contributed by atoms with van der Waals surface area (Å²) in [5, 5.41) is 32.7. The maximum Gasteiger partial charge on any atom is 0.121 e. The number of aliphatic hydroxyl groups is 2. The molecular formula is C21H29NO3. The van der Waals surface area contributed by atoms with Crippen molar-refractivity contribution in [3.05, 3.63) is 64.7 Å². The number of benzene rings is 2. The van der Waals surface area contributed by atoms with Crippen molar-refractivity contribution in [2.45, 2.75) is 51.9 Å². The van der Waals surface area contributed by atoms with Crippen LogP contribution in [0, 0.1) is 0 Å². The molecule has 25 heavy (non-hydrogen) atoms. The Morgan fingerprint density at radius 1 is 1.04 bits per heavy atom. The lowest BCUT2D eigenvalue weighted by Crippen LogP contribution is -2.43. The van der Waals surface area contributed by atoms with Crippen molar-refractivity contribution < 1.29 is 15.3 Å². The van der Waals surface area contributed by atoms with Gasteiger partial charge >= 0.3 is 0 Å². The lowest BCUT2D eigenvalue weighted by molar-refractivity contribution is 0.160. The average Bonchev–Trinajstić information content (AvgIpc) is 2.60. The van der Waals surface area contributed by atoms with E-state index in [9.17, 15) is 15.3 Å². The molecule has 2 rings (SSSR count). The molecule has 0 fully saturated rings. The fraction of sp³-hybridized carbons (Fsp3) is 0.429. The van der Waals surface area contributed by atoms with Crippen LogP contribution in [0.2, 0.25) is 0 Å². The van der Waals surface area contributed by atoms with E-state index in [2.05, 4.69) is 50.4 Å². The summed E-state index contributed by atoms with van der Waals surface area (Å²) >= 11 is 0. The zero-order valence-corrected chi connectivity index (χ0v) is 15.3. The first kappa shape index (κ1) is 19.4. The Morgan fingerprint density at radius 3 is 2.28 bits per heavy atom. The molecule has 1 unspecified atom stereocenters. The third-order valence-corrected chi connectivity index (χ3v) is 4.51. The monoisotopic (exact) mass is 343 g/mol. The van der Waals surface area contributed by atoms with Crippen LogP contribution in [-0.4, -0.2) is 27.4 Å². The number of aliphatic hydroxyl groups excluding tert-OH is 2. The summed E-state index contributed by atoms with van der Waals surface area (Å²) in [7, 11) is 0. The van der Waals surface area contributed by atoms with E-state index in [0.29, 0.717) is 17.7 Å². The maximum atomic E-state index is 10.4. The van der Waals surface area contributed by atoms with E-state index in [1.807, 2.05) is 0 Å². The number of nitrogens with one attached hydrogen (secondary N) is 1. The second-order valence-corrected chi connectivity index (χ2v) is 7.17. The van der Waals surface area contributed by atoms with Crippen LogP contribution < -0.4 is 5.32 Å². The van der Waals surface area contributed by atoms with E-state index < -0.39 is 6.10 Å². The highest BCUT2D eigenvalue weighted by Gasteiger charge is 2.20. The largest absolute Gasteiger partial charge is 0.508 e. The van der Waals surface area contributed by atoms with E-state index in [-0.39, 0.29) is 17.9 Å². The molecule has 0 heterocycles. The first-order valence-electron chi connectivity index (χ1n) is 8.78. The molecule has 2 aromatic rings. The third kappa shape index (κ3) is 5.56. The van der Waals surface area contributed by atoms with Gasteiger partial charge in [0.05, 0.1) is 12.7 Å². The molecular weight excluding hydrogens is 314 g/mol. The van der Waals surface area contributed by atoms with Crippen LogP contribution in [0.4, 0.5) is 0 Å². The molecule has 4 nitrogen and oxygen atoms in total. The molecule has 0 saturated carbocycles. The minimum Gasteiger partial charge on any atom is -0.508 e. The molecule has 0 amide bonds. The molecule has 0 saturated heterocycles. The number of hydrogen-bond donors (Lipinski definition) is 4. The Kier molecular flexibility index (Phi) is 6.59. The molecule has 0 aliphatic heterocycles. The van der Waals surface area contributed by atoms with Crippen LogP contribution in [0.15, 0.2) is 42.5 Å². The number of phenols is 1. The van der Waals surface area contributed by atoms with Crippen molar-refractivity contribution in [2.75, 3.05) is 6.54 Å². The van der Waals surface area contributed by atoms with Crippen molar-refractivity contribution in [1.82, 2.24) is 5.32 Å². The number of aryl methyl sites for hydroxylation is 1. The van der Waals surface area contributed by atoms with Gasteiger partial charge in [-0.2, -0.15) is 0 Å². The van der Waals surface area contributed by atoms with Crippen LogP contribution in [0.3, 0.4) is 0 Å². The topological polar surface area (TPSA) is 72.7 Å². The molecule has 0 aliphatic rings. The summed E-state index contributed by atoms with van der Waals surface area (Å²) in [6, 6.07) is 13.5. The number of β-amino-alcohol motifs (C(OH)–C–C–N with tert-alkyl or cyclic N) is 1. The Bertz CT molecular complexity index is 680. The number of rotatable bonds is 8. The van der Waals surface area contributed by atoms with Gasteiger partial charge in [0.15, 0.2) is 0 Å². The smallest absolute Gasteiger partial charge is 0.121 e. The van der Waals surface area contributed by atoms with E-state index in [0.717, 1.165) is 12.8 Å². The third-order valence-electron chi connectivity index (χ3n) is 4.51. The first-order valence-corrected chi connectivity index (χ1v) is 8.78. The van der Waals surface area contributed by atoms with Gasteiger partial charge in [-0.1, -0.05) is 37.3 Å². The predicted octanol–water partition coefficient (Wildman–Crippen LogP) is 3.09. The Labute approximate surface area is 150 Å². The molecule has 0 radical (unpaired) electrons. The summed E-state index contributed by atoms with van der Waals surface area (Å²) < 4.78 is 0. The summed E-state index contributed by atoms with van der Waals surface area (Å²) in [4.78, 5) is 0. The quantitative estimate of drug-likeness (QED) is 0.594. The Hall–Kier alpha value is -1.88. The van der Waals surface area contributed by atoms with Crippen LogP contribution >= 0.6 is 0 Å². The van der Waals surface area contributed by atoms with Gasteiger partial charge in [-0.3, -0.25) is 0 Å². The lowest BCUT2D eigenvalue weighted by Gasteiger charge is -2.28. The molecule has 136 valence electrons. The van der Waals surface area contributed by atoms with Gasteiger partial charge in [0.25, 0.3) is 0 Å². The van der Waals surface area contributed by atoms with Gasteiger partial charge in [0.1, 0.15) is 5.75 Å². The molecule has 2 aromatic carbocycles. The average molecular weight is 343 g/mol. The highest BCUT2D eigenvalue weighted by atomic mass is 16.3. The molecule has 4 N–H and O–H groups in total. The fourth-order valence-corrected chi connectivity index (χ4v) is 2.90. The van der Waals surface area contributed by atoms with Gasteiger partial charge in [-0.05, 0) is 55.5 Å². The van der Waals surface area contributed by atoms with E-state index in [1.165, 1.54) is 17.2 Å². The summed E-state index contributed by atoms with van der Waals surface area (Å²) in [6.45, 7) is 6.52. The number of aromatic hydroxyl groups is 1. The second kappa shape index (κ2) is 8.48. The van der Waals surface area contributed by atoms with Crippen molar-refractivity contribution >= 4 is 0 Å². The molecule has 4 heteroatoms. The second-order valence-electron chi connectivity index (χ2n) is 7.17. The van der Waals surface area contributed by atoms with Crippen molar-refractivity contribution in [1.29, 1.82) is 0 Å². The molecule has 0 aromatic heterocycles. The van der Waals surface area contributed by atoms with Crippen LogP contribution in [0.1, 0.15) is 49.1 Å². The van der Waals surface area contributed by atoms with Crippen LogP contribution in [-0.2, 0) is 19.4 Å². The highest BCUT2D eigenvalue weighted by Crippen LogP contribution is 2.23. The number of hydrogen-bond acceptors (Lipinski definition) is 4. The van der Waals surface area contributed by atoms with E-state index >= 15 is 0 Å².